The molecule has 1 aromatic carbocycles. The van der Waals surface area contributed by atoms with Crippen LogP contribution in [-0.2, 0) is 4.74 Å². The molecule has 1 heterocycles. The van der Waals surface area contributed by atoms with E-state index in [1.165, 1.54) is 18.2 Å². The average Bonchev–Trinajstić information content (AvgIpc) is 2.41. The SMILES string of the molecule is CCC1CN(C(=O)c2cc(N)ccc2F)CCO1. The summed E-state index contributed by atoms with van der Waals surface area (Å²) in [5.74, 6) is -0.852. The number of amides is 1. The lowest BCUT2D eigenvalue weighted by molar-refractivity contribution is -0.0227. The average molecular weight is 252 g/mol. The van der Waals surface area contributed by atoms with Gasteiger partial charge in [0.25, 0.3) is 5.91 Å². The summed E-state index contributed by atoms with van der Waals surface area (Å²) >= 11 is 0. The van der Waals surface area contributed by atoms with Gasteiger partial charge in [0.05, 0.1) is 18.3 Å². The molecule has 1 unspecified atom stereocenters. The molecule has 0 aromatic heterocycles. The topological polar surface area (TPSA) is 55.6 Å². The van der Waals surface area contributed by atoms with Crippen LogP contribution in [0.2, 0.25) is 0 Å². The number of nitrogen functional groups attached to an aromatic ring is 1. The van der Waals surface area contributed by atoms with Crippen molar-refractivity contribution in [2.75, 3.05) is 25.4 Å². The lowest BCUT2D eigenvalue weighted by Gasteiger charge is -2.32. The minimum atomic E-state index is -0.534. The largest absolute Gasteiger partial charge is 0.399 e. The zero-order chi connectivity index (χ0) is 13.1. The maximum Gasteiger partial charge on any atom is 0.257 e. The predicted molar refractivity (Wildman–Crippen MR) is 66.7 cm³/mol. The van der Waals surface area contributed by atoms with Gasteiger partial charge < -0.3 is 15.4 Å². The fourth-order valence-electron chi connectivity index (χ4n) is 2.03. The Hall–Kier alpha value is -1.62. The molecule has 0 aliphatic carbocycles. The van der Waals surface area contributed by atoms with Gasteiger partial charge in [-0.05, 0) is 24.6 Å². The van der Waals surface area contributed by atoms with Crippen LogP contribution in [0.4, 0.5) is 10.1 Å². The highest BCUT2D eigenvalue weighted by Crippen LogP contribution is 2.17. The van der Waals surface area contributed by atoms with Crippen LogP contribution in [0.15, 0.2) is 18.2 Å². The van der Waals surface area contributed by atoms with E-state index in [9.17, 15) is 9.18 Å². The number of hydrogen-bond donors (Lipinski definition) is 1. The molecule has 1 aliphatic heterocycles. The van der Waals surface area contributed by atoms with Crippen LogP contribution in [0.1, 0.15) is 23.7 Å². The number of ether oxygens (including phenoxy) is 1. The second kappa shape index (κ2) is 5.35. The van der Waals surface area contributed by atoms with Gasteiger partial charge in [-0.15, -0.1) is 0 Å². The number of anilines is 1. The Labute approximate surface area is 106 Å². The molecule has 1 saturated heterocycles. The second-order valence-corrected chi connectivity index (χ2v) is 4.39. The molecule has 4 nitrogen and oxygen atoms in total. The molecular formula is C13H17FN2O2. The molecule has 0 saturated carbocycles. The molecule has 1 aromatic rings. The van der Waals surface area contributed by atoms with Crippen LogP contribution in [0.3, 0.4) is 0 Å². The summed E-state index contributed by atoms with van der Waals surface area (Å²) < 4.78 is 19.1. The molecule has 0 spiro atoms. The van der Waals surface area contributed by atoms with Gasteiger partial charge in [0.1, 0.15) is 5.82 Å². The second-order valence-electron chi connectivity index (χ2n) is 4.39. The van der Waals surface area contributed by atoms with Gasteiger partial charge >= 0.3 is 0 Å². The summed E-state index contributed by atoms with van der Waals surface area (Å²) in [6.45, 7) is 3.49. The first-order valence-electron chi connectivity index (χ1n) is 6.07. The van der Waals surface area contributed by atoms with E-state index in [2.05, 4.69) is 0 Å². The maximum atomic E-state index is 13.6. The minimum absolute atomic E-state index is 0.0340. The van der Waals surface area contributed by atoms with E-state index in [-0.39, 0.29) is 17.6 Å². The Morgan fingerprint density at radius 2 is 2.39 bits per heavy atom. The highest BCUT2D eigenvalue weighted by atomic mass is 19.1. The zero-order valence-corrected chi connectivity index (χ0v) is 10.4. The molecule has 1 fully saturated rings. The van der Waals surface area contributed by atoms with E-state index in [0.717, 1.165) is 6.42 Å². The summed E-state index contributed by atoms with van der Waals surface area (Å²) in [6, 6.07) is 4.05. The molecule has 2 N–H and O–H groups in total. The third kappa shape index (κ3) is 2.61. The van der Waals surface area contributed by atoms with Gasteiger partial charge in [-0.3, -0.25) is 4.79 Å². The van der Waals surface area contributed by atoms with Crippen LogP contribution in [0.25, 0.3) is 0 Å². The molecule has 5 heteroatoms. The standard InChI is InChI=1S/C13H17FN2O2/c1-2-10-8-16(5-6-18-10)13(17)11-7-9(15)3-4-12(11)14/h3-4,7,10H,2,5-6,8,15H2,1H3. The maximum absolute atomic E-state index is 13.6. The summed E-state index contributed by atoms with van der Waals surface area (Å²) in [7, 11) is 0. The van der Waals surface area contributed by atoms with E-state index < -0.39 is 5.82 Å². The number of benzene rings is 1. The van der Waals surface area contributed by atoms with Crippen molar-refractivity contribution in [1.29, 1.82) is 0 Å². The van der Waals surface area contributed by atoms with Gasteiger partial charge in [-0.2, -0.15) is 0 Å². The van der Waals surface area contributed by atoms with Crippen LogP contribution < -0.4 is 5.73 Å². The molecule has 1 aliphatic rings. The number of morpholine rings is 1. The lowest BCUT2D eigenvalue weighted by Crippen LogP contribution is -2.45. The van der Waals surface area contributed by atoms with Crippen LogP contribution >= 0.6 is 0 Å². The molecule has 1 amide bonds. The normalized spacial score (nSPS) is 19.9. The molecule has 2 rings (SSSR count). The van der Waals surface area contributed by atoms with E-state index in [1.807, 2.05) is 6.92 Å². The molecule has 18 heavy (non-hydrogen) atoms. The molecule has 98 valence electrons. The first-order valence-corrected chi connectivity index (χ1v) is 6.07. The van der Waals surface area contributed by atoms with Crippen LogP contribution in [0, 0.1) is 5.82 Å². The van der Waals surface area contributed by atoms with E-state index in [0.29, 0.717) is 25.4 Å². The smallest absolute Gasteiger partial charge is 0.257 e. The number of carbonyl (C=O) groups is 1. The van der Waals surface area contributed by atoms with Crippen molar-refractivity contribution in [1.82, 2.24) is 4.90 Å². The Morgan fingerprint density at radius 1 is 1.61 bits per heavy atom. The van der Waals surface area contributed by atoms with Crippen molar-refractivity contribution in [3.8, 4) is 0 Å². The Balaban J connectivity index is 2.17. The number of nitrogens with two attached hydrogens (primary N) is 1. The molecule has 1 atom stereocenters. The van der Waals surface area contributed by atoms with E-state index in [1.54, 1.807) is 4.90 Å². The number of rotatable bonds is 2. The van der Waals surface area contributed by atoms with Gasteiger partial charge in [0.15, 0.2) is 0 Å². The minimum Gasteiger partial charge on any atom is -0.399 e. The number of hydrogen-bond acceptors (Lipinski definition) is 3. The Bertz CT molecular complexity index is 451. The van der Waals surface area contributed by atoms with Crippen molar-refractivity contribution in [3.63, 3.8) is 0 Å². The fourth-order valence-corrected chi connectivity index (χ4v) is 2.03. The highest BCUT2D eigenvalue weighted by molar-refractivity contribution is 5.95. The van der Waals surface area contributed by atoms with Crippen molar-refractivity contribution in [2.24, 2.45) is 0 Å². The highest BCUT2D eigenvalue weighted by Gasteiger charge is 2.25. The fraction of sp³-hybridized carbons (Fsp3) is 0.462. The van der Waals surface area contributed by atoms with Gasteiger partial charge in [-0.1, -0.05) is 6.92 Å². The van der Waals surface area contributed by atoms with Crippen molar-refractivity contribution in [2.45, 2.75) is 19.4 Å². The van der Waals surface area contributed by atoms with Crippen molar-refractivity contribution in [3.05, 3.63) is 29.6 Å². The Kier molecular flexibility index (Phi) is 3.81. The summed E-state index contributed by atoms with van der Waals surface area (Å²) in [5.41, 5.74) is 6.01. The lowest BCUT2D eigenvalue weighted by atomic mass is 10.1. The quantitative estimate of drug-likeness (QED) is 0.814. The van der Waals surface area contributed by atoms with Crippen LogP contribution in [0.5, 0.6) is 0 Å². The molecule has 0 radical (unpaired) electrons. The molecule has 0 bridgehead atoms. The van der Waals surface area contributed by atoms with E-state index in [4.69, 9.17) is 10.5 Å². The van der Waals surface area contributed by atoms with Gasteiger partial charge in [-0.25, -0.2) is 4.39 Å². The van der Waals surface area contributed by atoms with E-state index >= 15 is 0 Å². The Morgan fingerprint density at radius 3 is 3.11 bits per heavy atom. The zero-order valence-electron chi connectivity index (χ0n) is 10.4. The number of carbonyl (C=O) groups excluding carboxylic acids is 1. The number of halogens is 1. The third-order valence-corrected chi connectivity index (χ3v) is 3.10. The summed E-state index contributed by atoms with van der Waals surface area (Å²) in [4.78, 5) is 13.8. The predicted octanol–water partition coefficient (Wildman–Crippen LogP) is 1.66. The monoisotopic (exact) mass is 252 g/mol. The summed E-state index contributed by atoms with van der Waals surface area (Å²) in [5, 5.41) is 0. The first-order chi connectivity index (χ1) is 8.61. The first kappa shape index (κ1) is 12.8. The van der Waals surface area contributed by atoms with Gasteiger partial charge in [0.2, 0.25) is 0 Å². The van der Waals surface area contributed by atoms with Crippen LogP contribution in [-0.4, -0.2) is 36.6 Å². The van der Waals surface area contributed by atoms with Crippen molar-refractivity contribution >= 4 is 11.6 Å². The molecular weight excluding hydrogens is 235 g/mol. The van der Waals surface area contributed by atoms with Crippen molar-refractivity contribution < 1.29 is 13.9 Å². The van der Waals surface area contributed by atoms with Gasteiger partial charge in [0, 0.05) is 18.8 Å². The third-order valence-electron chi connectivity index (χ3n) is 3.10. The number of nitrogens with zero attached hydrogens (tertiary/aromatic N) is 1. The summed E-state index contributed by atoms with van der Waals surface area (Å²) in [6.07, 6.45) is 0.871.